The number of rotatable bonds is 6. The number of aromatic nitrogens is 2. The molecular formula is C22H23N5O2. The van der Waals surface area contributed by atoms with Gasteiger partial charge in [0.1, 0.15) is 11.4 Å². The van der Waals surface area contributed by atoms with Gasteiger partial charge in [0.25, 0.3) is 11.8 Å². The van der Waals surface area contributed by atoms with Gasteiger partial charge in [0.05, 0.1) is 11.9 Å². The Hall–Kier alpha value is -3.61. The Morgan fingerprint density at radius 2 is 1.90 bits per heavy atom. The van der Waals surface area contributed by atoms with Gasteiger partial charge in [-0.05, 0) is 43.0 Å². The Labute approximate surface area is 168 Å². The summed E-state index contributed by atoms with van der Waals surface area (Å²) in [4.78, 5) is 24.9. The third-order valence-electron chi connectivity index (χ3n) is 4.96. The summed E-state index contributed by atoms with van der Waals surface area (Å²) < 4.78 is 1.50. The van der Waals surface area contributed by atoms with Crippen LogP contribution < -0.4 is 16.4 Å². The van der Waals surface area contributed by atoms with Gasteiger partial charge in [0, 0.05) is 18.2 Å². The first kappa shape index (κ1) is 18.7. The minimum Gasteiger partial charge on any atom is -0.383 e. The highest BCUT2D eigenvalue weighted by Crippen LogP contribution is 2.23. The standard InChI is InChI=1S/C22H23N5O2/c1-14-7-8-16(21(28)26-17-9-10-17)11-19(14)27-20(23)18(13-25-27)22(29)24-12-15-5-3-2-4-6-15/h2-8,11,13,17H,9-10,12,23H2,1H3,(H,24,29)(H,26,28). The summed E-state index contributed by atoms with van der Waals surface area (Å²) in [5.41, 5.74) is 9.65. The van der Waals surface area contributed by atoms with Crippen molar-refractivity contribution in [1.29, 1.82) is 0 Å². The highest BCUT2D eigenvalue weighted by Gasteiger charge is 2.24. The van der Waals surface area contributed by atoms with E-state index in [1.54, 1.807) is 12.1 Å². The fraction of sp³-hybridized carbons (Fsp3) is 0.227. The zero-order valence-corrected chi connectivity index (χ0v) is 16.2. The third kappa shape index (κ3) is 4.13. The van der Waals surface area contributed by atoms with Gasteiger partial charge >= 0.3 is 0 Å². The zero-order valence-electron chi connectivity index (χ0n) is 16.2. The normalized spacial score (nSPS) is 13.1. The van der Waals surface area contributed by atoms with Crippen LogP contribution in [0.1, 0.15) is 44.7 Å². The summed E-state index contributed by atoms with van der Waals surface area (Å²) in [6.07, 6.45) is 3.50. The van der Waals surface area contributed by atoms with Crippen LogP contribution in [-0.2, 0) is 6.54 Å². The first-order chi connectivity index (χ1) is 14.0. The maximum absolute atomic E-state index is 12.6. The van der Waals surface area contributed by atoms with E-state index in [0.717, 1.165) is 24.0 Å². The summed E-state index contributed by atoms with van der Waals surface area (Å²) in [5.74, 6) is -0.170. The summed E-state index contributed by atoms with van der Waals surface area (Å²) in [6.45, 7) is 2.31. The van der Waals surface area contributed by atoms with Crippen LogP contribution in [0.25, 0.3) is 5.69 Å². The molecule has 3 aromatic rings. The number of nitrogens with one attached hydrogen (secondary N) is 2. The minimum atomic E-state index is -0.294. The fourth-order valence-corrected chi connectivity index (χ4v) is 3.07. The summed E-state index contributed by atoms with van der Waals surface area (Å²) in [5, 5.41) is 10.1. The molecule has 1 fully saturated rings. The van der Waals surface area contributed by atoms with Crippen LogP contribution in [0, 0.1) is 6.92 Å². The fourth-order valence-electron chi connectivity index (χ4n) is 3.07. The van der Waals surface area contributed by atoms with E-state index in [1.165, 1.54) is 10.9 Å². The molecule has 7 nitrogen and oxygen atoms in total. The molecule has 1 saturated carbocycles. The maximum Gasteiger partial charge on any atom is 0.256 e. The molecule has 1 aliphatic carbocycles. The smallest absolute Gasteiger partial charge is 0.256 e. The average molecular weight is 389 g/mol. The Morgan fingerprint density at radius 1 is 1.14 bits per heavy atom. The second-order valence-corrected chi connectivity index (χ2v) is 7.27. The van der Waals surface area contributed by atoms with Gasteiger partial charge in [0.2, 0.25) is 0 Å². The molecular weight excluding hydrogens is 366 g/mol. The quantitative estimate of drug-likeness (QED) is 0.603. The molecule has 0 bridgehead atoms. The van der Waals surface area contributed by atoms with Gasteiger partial charge in [0.15, 0.2) is 0 Å². The second-order valence-electron chi connectivity index (χ2n) is 7.27. The lowest BCUT2D eigenvalue weighted by Gasteiger charge is -2.11. The van der Waals surface area contributed by atoms with Crippen molar-refractivity contribution in [3.05, 3.63) is 77.0 Å². The van der Waals surface area contributed by atoms with Crippen molar-refractivity contribution < 1.29 is 9.59 Å². The van der Waals surface area contributed by atoms with Gasteiger partial charge in [-0.25, -0.2) is 4.68 Å². The highest BCUT2D eigenvalue weighted by atomic mass is 16.2. The molecule has 7 heteroatoms. The topological polar surface area (TPSA) is 102 Å². The van der Waals surface area contributed by atoms with Crippen LogP contribution in [0.2, 0.25) is 0 Å². The molecule has 4 rings (SSSR count). The van der Waals surface area contributed by atoms with E-state index < -0.39 is 0 Å². The summed E-state index contributed by atoms with van der Waals surface area (Å²) in [7, 11) is 0. The van der Waals surface area contributed by atoms with Crippen LogP contribution in [0.4, 0.5) is 5.82 Å². The van der Waals surface area contributed by atoms with Gasteiger partial charge in [-0.2, -0.15) is 5.10 Å². The largest absolute Gasteiger partial charge is 0.383 e. The number of hydrogen-bond acceptors (Lipinski definition) is 4. The monoisotopic (exact) mass is 389 g/mol. The predicted molar refractivity (Wildman–Crippen MR) is 111 cm³/mol. The van der Waals surface area contributed by atoms with Gasteiger partial charge in [-0.3, -0.25) is 9.59 Å². The second kappa shape index (κ2) is 7.79. The van der Waals surface area contributed by atoms with Gasteiger partial charge in [-0.1, -0.05) is 36.4 Å². The Kier molecular flexibility index (Phi) is 5.03. The van der Waals surface area contributed by atoms with Crippen molar-refractivity contribution in [2.24, 2.45) is 0 Å². The number of aryl methyl sites for hydroxylation is 1. The SMILES string of the molecule is Cc1ccc(C(=O)NC2CC2)cc1-n1ncc(C(=O)NCc2ccccc2)c1N. The van der Waals surface area contributed by atoms with Crippen LogP contribution in [0.15, 0.2) is 54.7 Å². The van der Waals surface area contributed by atoms with Crippen molar-refractivity contribution in [2.45, 2.75) is 32.4 Å². The van der Waals surface area contributed by atoms with Crippen LogP contribution >= 0.6 is 0 Å². The van der Waals surface area contributed by atoms with Crippen molar-refractivity contribution in [3.8, 4) is 5.69 Å². The first-order valence-corrected chi connectivity index (χ1v) is 9.60. The maximum atomic E-state index is 12.6. The first-order valence-electron chi connectivity index (χ1n) is 9.60. The van der Waals surface area contributed by atoms with Crippen molar-refractivity contribution in [3.63, 3.8) is 0 Å². The molecule has 4 N–H and O–H groups in total. The number of carbonyl (C=O) groups is 2. The Balaban J connectivity index is 1.54. The number of anilines is 1. The molecule has 0 radical (unpaired) electrons. The van der Waals surface area contributed by atoms with Crippen molar-refractivity contribution in [2.75, 3.05) is 5.73 Å². The lowest BCUT2D eigenvalue weighted by molar-refractivity contribution is 0.0943. The van der Waals surface area contributed by atoms with Crippen LogP contribution in [0.5, 0.6) is 0 Å². The molecule has 2 aromatic carbocycles. The predicted octanol–water partition coefficient (Wildman–Crippen LogP) is 2.59. The van der Waals surface area contributed by atoms with Crippen molar-refractivity contribution >= 4 is 17.6 Å². The zero-order chi connectivity index (χ0) is 20.4. The lowest BCUT2D eigenvalue weighted by Crippen LogP contribution is -2.25. The molecule has 0 aliphatic heterocycles. The summed E-state index contributed by atoms with van der Waals surface area (Å²) in [6, 6.07) is 15.3. The van der Waals surface area contributed by atoms with E-state index in [0.29, 0.717) is 23.4 Å². The Bertz CT molecular complexity index is 1050. The molecule has 1 aromatic heterocycles. The van der Waals surface area contributed by atoms with Crippen LogP contribution in [0.3, 0.4) is 0 Å². The minimum absolute atomic E-state index is 0.111. The molecule has 29 heavy (non-hydrogen) atoms. The molecule has 1 aliphatic rings. The van der Waals surface area contributed by atoms with E-state index in [-0.39, 0.29) is 23.7 Å². The van der Waals surface area contributed by atoms with Crippen LogP contribution in [-0.4, -0.2) is 27.6 Å². The molecule has 1 heterocycles. The van der Waals surface area contributed by atoms with E-state index in [1.807, 2.05) is 43.3 Å². The lowest BCUT2D eigenvalue weighted by atomic mass is 10.1. The van der Waals surface area contributed by atoms with E-state index >= 15 is 0 Å². The number of nitrogens with two attached hydrogens (primary N) is 1. The number of nitrogens with zero attached hydrogens (tertiary/aromatic N) is 2. The molecule has 0 spiro atoms. The Morgan fingerprint density at radius 3 is 2.62 bits per heavy atom. The number of amides is 2. The van der Waals surface area contributed by atoms with Crippen molar-refractivity contribution in [1.82, 2.24) is 20.4 Å². The summed E-state index contributed by atoms with van der Waals surface area (Å²) >= 11 is 0. The molecule has 0 unspecified atom stereocenters. The molecule has 0 atom stereocenters. The number of nitrogen functional groups attached to an aromatic ring is 1. The number of carbonyl (C=O) groups excluding carboxylic acids is 2. The molecule has 0 saturated heterocycles. The molecule has 148 valence electrons. The average Bonchev–Trinajstić information content (AvgIpc) is 3.46. The van der Waals surface area contributed by atoms with E-state index in [2.05, 4.69) is 15.7 Å². The van der Waals surface area contributed by atoms with E-state index in [9.17, 15) is 9.59 Å². The number of hydrogen-bond donors (Lipinski definition) is 3. The third-order valence-corrected chi connectivity index (χ3v) is 4.96. The molecule has 2 amide bonds. The highest BCUT2D eigenvalue weighted by molar-refractivity contribution is 5.98. The number of benzene rings is 2. The van der Waals surface area contributed by atoms with Gasteiger partial charge in [-0.15, -0.1) is 0 Å². The van der Waals surface area contributed by atoms with Gasteiger partial charge < -0.3 is 16.4 Å². The van der Waals surface area contributed by atoms with E-state index in [4.69, 9.17) is 5.73 Å².